The third kappa shape index (κ3) is 4.76. The molecule has 146 valence electrons. The number of benzene rings is 2. The van der Waals surface area contributed by atoms with Crippen molar-refractivity contribution in [1.82, 2.24) is 14.8 Å². The summed E-state index contributed by atoms with van der Waals surface area (Å²) >= 11 is 7.37. The average Bonchev–Trinajstić information content (AvgIpc) is 3.15. The van der Waals surface area contributed by atoms with E-state index in [1.165, 1.54) is 11.8 Å². The topological polar surface area (TPSA) is 72.3 Å². The van der Waals surface area contributed by atoms with E-state index in [2.05, 4.69) is 15.5 Å². The zero-order valence-electron chi connectivity index (χ0n) is 15.7. The number of carbonyl (C=O) groups excluding carboxylic acids is 1. The van der Waals surface area contributed by atoms with Crippen LogP contribution in [-0.4, -0.2) is 47.6 Å². The Bertz CT molecular complexity index is 959. The number of carbonyl (C=O) groups is 1. The number of hydrogen-bond donors (Lipinski definition) is 1. The molecule has 0 radical (unpaired) electrons. The minimum absolute atomic E-state index is 0.153. The van der Waals surface area contributed by atoms with E-state index in [1.807, 2.05) is 53.9 Å². The summed E-state index contributed by atoms with van der Waals surface area (Å²) in [5, 5.41) is 12.2. The van der Waals surface area contributed by atoms with Crippen molar-refractivity contribution in [3.63, 3.8) is 0 Å². The van der Waals surface area contributed by atoms with Crippen LogP contribution < -0.4 is 15.0 Å². The van der Waals surface area contributed by atoms with Crippen LogP contribution in [0.1, 0.15) is 0 Å². The number of nitrogens with one attached hydrogen (secondary N) is 1. The number of thioether (sulfide) groups is 1. The Morgan fingerprint density at radius 2 is 2.00 bits per heavy atom. The van der Waals surface area contributed by atoms with Crippen molar-refractivity contribution >= 4 is 40.6 Å². The molecule has 28 heavy (non-hydrogen) atoms. The monoisotopic (exact) mass is 417 g/mol. The second kappa shape index (κ2) is 8.99. The molecule has 3 rings (SSSR count). The molecule has 9 heteroatoms. The van der Waals surface area contributed by atoms with Gasteiger partial charge in [0.15, 0.2) is 5.16 Å². The second-order valence-corrected chi connectivity index (χ2v) is 7.45. The van der Waals surface area contributed by atoms with Crippen molar-refractivity contribution in [3.8, 4) is 11.4 Å². The summed E-state index contributed by atoms with van der Waals surface area (Å²) in [6.07, 6.45) is 1.61. The normalized spacial score (nSPS) is 10.6. The average molecular weight is 418 g/mol. The van der Waals surface area contributed by atoms with E-state index in [0.29, 0.717) is 15.9 Å². The number of halogens is 1. The molecule has 0 atom stereocenters. The van der Waals surface area contributed by atoms with Crippen molar-refractivity contribution in [2.75, 3.05) is 37.2 Å². The van der Waals surface area contributed by atoms with Gasteiger partial charge in [-0.3, -0.25) is 9.36 Å². The van der Waals surface area contributed by atoms with Gasteiger partial charge in [-0.2, -0.15) is 0 Å². The molecular formula is C19H20ClN5O2S. The van der Waals surface area contributed by atoms with Crippen LogP contribution in [0.5, 0.6) is 5.75 Å². The zero-order chi connectivity index (χ0) is 20.1. The molecule has 1 aromatic heterocycles. The first-order valence-corrected chi connectivity index (χ1v) is 9.78. The fraction of sp³-hybridized carbons (Fsp3) is 0.211. The Morgan fingerprint density at radius 3 is 2.68 bits per heavy atom. The highest BCUT2D eigenvalue weighted by atomic mass is 35.5. The Balaban J connectivity index is 1.68. The summed E-state index contributed by atoms with van der Waals surface area (Å²) in [6.45, 7) is 0. The van der Waals surface area contributed by atoms with Crippen LogP contribution >= 0.6 is 23.4 Å². The van der Waals surface area contributed by atoms with E-state index >= 15 is 0 Å². The first-order valence-electron chi connectivity index (χ1n) is 8.42. The van der Waals surface area contributed by atoms with Gasteiger partial charge in [-0.05, 0) is 42.5 Å². The molecule has 1 heterocycles. The molecule has 0 spiro atoms. The van der Waals surface area contributed by atoms with E-state index in [9.17, 15) is 4.79 Å². The van der Waals surface area contributed by atoms with Gasteiger partial charge in [0.25, 0.3) is 0 Å². The number of hydrogen-bond acceptors (Lipinski definition) is 6. The van der Waals surface area contributed by atoms with Gasteiger partial charge in [-0.25, -0.2) is 0 Å². The van der Waals surface area contributed by atoms with Gasteiger partial charge in [0.2, 0.25) is 5.91 Å². The lowest BCUT2D eigenvalue weighted by Gasteiger charge is -2.18. The lowest BCUT2D eigenvalue weighted by atomic mass is 10.2. The molecule has 1 N–H and O–H groups in total. The number of anilines is 2. The van der Waals surface area contributed by atoms with E-state index < -0.39 is 0 Å². The minimum atomic E-state index is -0.153. The van der Waals surface area contributed by atoms with Crippen LogP contribution in [0.4, 0.5) is 11.4 Å². The number of aromatic nitrogens is 3. The maximum Gasteiger partial charge on any atom is 0.234 e. The quantitative estimate of drug-likeness (QED) is 0.590. The minimum Gasteiger partial charge on any atom is -0.497 e. The van der Waals surface area contributed by atoms with Crippen LogP contribution in [0.15, 0.2) is 53.9 Å². The van der Waals surface area contributed by atoms with Gasteiger partial charge in [0.1, 0.15) is 12.1 Å². The zero-order valence-corrected chi connectivity index (χ0v) is 17.3. The molecular weight excluding hydrogens is 398 g/mol. The summed E-state index contributed by atoms with van der Waals surface area (Å²) in [4.78, 5) is 14.4. The molecule has 1 amide bonds. The molecule has 0 saturated carbocycles. The van der Waals surface area contributed by atoms with Gasteiger partial charge in [-0.1, -0.05) is 23.4 Å². The van der Waals surface area contributed by atoms with Crippen molar-refractivity contribution < 1.29 is 9.53 Å². The molecule has 0 aliphatic carbocycles. The lowest BCUT2D eigenvalue weighted by molar-refractivity contribution is -0.113. The van der Waals surface area contributed by atoms with Crippen LogP contribution in [0.2, 0.25) is 5.02 Å². The first-order chi connectivity index (χ1) is 13.5. The number of rotatable bonds is 7. The predicted molar refractivity (Wildman–Crippen MR) is 113 cm³/mol. The summed E-state index contributed by atoms with van der Waals surface area (Å²) in [7, 11) is 5.44. The van der Waals surface area contributed by atoms with Crippen LogP contribution in [0.25, 0.3) is 5.69 Å². The first kappa shape index (κ1) is 20.0. The van der Waals surface area contributed by atoms with Gasteiger partial charge < -0.3 is 15.0 Å². The predicted octanol–water partition coefficient (Wildman–Crippen LogP) is 3.73. The summed E-state index contributed by atoms with van der Waals surface area (Å²) in [5.74, 6) is 0.803. The molecule has 0 aliphatic rings. The maximum absolute atomic E-state index is 12.5. The highest BCUT2D eigenvalue weighted by molar-refractivity contribution is 7.99. The highest BCUT2D eigenvalue weighted by Gasteiger charge is 2.13. The molecule has 0 bridgehead atoms. The van der Waals surface area contributed by atoms with E-state index in [0.717, 1.165) is 17.1 Å². The Morgan fingerprint density at radius 1 is 1.25 bits per heavy atom. The van der Waals surface area contributed by atoms with Crippen LogP contribution in [0, 0.1) is 0 Å². The number of nitrogens with zero attached hydrogens (tertiary/aromatic N) is 4. The second-order valence-electron chi connectivity index (χ2n) is 6.07. The fourth-order valence-electron chi connectivity index (χ4n) is 2.56. The van der Waals surface area contributed by atoms with E-state index in [-0.39, 0.29) is 11.7 Å². The van der Waals surface area contributed by atoms with Gasteiger partial charge in [0, 0.05) is 24.8 Å². The number of ether oxygens (including phenoxy) is 1. The Labute approximate surface area is 172 Å². The number of amides is 1. The highest BCUT2D eigenvalue weighted by Crippen LogP contribution is 2.28. The molecule has 0 unspecified atom stereocenters. The van der Waals surface area contributed by atoms with Gasteiger partial charge >= 0.3 is 0 Å². The molecule has 0 saturated heterocycles. The SMILES string of the molecule is COc1ccc(-n2cnnc2SCC(=O)Nc2cc(Cl)ccc2N(C)C)cc1. The van der Waals surface area contributed by atoms with E-state index in [4.69, 9.17) is 16.3 Å². The van der Waals surface area contributed by atoms with Crippen molar-refractivity contribution in [2.45, 2.75) is 5.16 Å². The Hall–Kier alpha value is -2.71. The molecule has 3 aromatic rings. The number of methoxy groups -OCH3 is 1. The third-order valence-electron chi connectivity index (χ3n) is 3.91. The maximum atomic E-state index is 12.5. The van der Waals surface area contributed by atoms with Crippen LogP contribution in [-0.2, 0) is 4.79 Å². The van der Waals surface area contributed by atoms with Gasteiger partial charge in [0.05, 0.1) is 24.2 Å². The van der Waals surface area contributed by atoms with Crippen LogP contribution in [0.3, 0.4) is 0 Å². The van der Waals surface area contributed by atoms with Crippen molar-refractivity contribution in [2.24, 2.45) is 0 Å². The van der Waals surface area contributed by atoms with E-state index in [1.54, 1.807) is 25.6 Å². The third-order valence-corrected chi connectivity index (χ3v) is 5.09. The fourth-order valence-corrected chi connectivity index (χ4v) is 3.46. The molecule has 2 aromatic carbocycles. The van der Waals surface area contributed by atoms with Crippen molar-refractivity contribution in [3.05, 3.63) is 53.8 Å². The largest absolute Gasteiger partial charge is 0.497 e. The molecule has 0 fully saturated rings. The van der Waals surface area contributed by atoms with Gasteiger partial charge in [-0.15, -0.1) is 10.2 Å². The summed E-state index contributed by atoms with van der Waals surface area (Å²) in [6, 6.07) is 12.9. The molecule has 7 nitrogen and oxygen atoms in total. The Kier molecular flexibility index (Phi) is 6.43. The summed E-state index contributed by atoms with van der Waals surface area (Å²) in [5.41, 5.74) is 2.43. The summed E-state index contributed by atoms with van der Waals surface area (Å²) < 4.78 is 7.00. The lowest BCUT2D eigenvalue weighted by Crippen LogP contribution is -2.18. The van der Waals surface area contributed by atoms with Crippen molar-refractivity contribution in [1.29, 1.82) is 0 Å². The molecule has 0 aliphatic heterocycles. The standard InChI is InChI=1S/C19H20ClN5O2S/c1-24(2)17-9-4-13(20)10-16(17)22-18(26)11-28-19-23-21-12-25(19)14-5-7-15(27-3)8-6-14/h4-10,12H,11H2,1-3H3,(H,22,26). The smallest absolute Gasteiger partial charge is 0.234 e.